The number of carbonyl (C=O) groups is 2. The Kier molecular flexibility index (Phi) is 5.22. The van der Waals surface area contributed by atoms with Gasteiger partial charge in [0, 0.05) is 6.54 Å². The van der Waals surface area contributed by atoms with Crippen molar-refractivity contribution < 1.29 is 14.7 Å². The zero-order valence-corrected chi connectivity index (χ0v) is 11.6. The topological polar surface area (TPSA) is 69.6 Å². The van der Waals surface area contributed by atoms with Crippen molar-refractivity contribution in [3.8, 4) is 12.3 Å². The Hall–Kier alpha value is -1.70. The number of carboxylic acids is 1. The molecule has 1 aliphatic carbocycles. The van der Waals surface area contributed by atoms with Gasteiger partial charge in [-0.05, 0) is 25.7 Å². The molecule has 106 valence electrons. The van der Waals surface area contributed by atoms with Crippen LogP contribution in [0.3, 0.4) is 0 Å². The van der Waals surface area contributed by atoms with Gasteiger partial charge in [0.2, 0.25) is 0 Å². The molecule has 5 heteroatoms. The van der Waals surface area contributed by atoms with E-state index < -0.39 is 17.5 Å². The maximum atomic E-state index is 12.1. The van der Waals surface area contributed by atoms with Gasteiger partial charge in [0.25, 0.3) is 0 Å². The highest BCUT2D eigenvalue weighted by molar-refractivity contribution is 5.86. The first-order valence-corrected chi connectivity index (χ1v) is 6.69. The fourth-order valence-corrected chi connectivity index (χ4v) is 2.63. The van der Waals surface area contributed by atoms with Crippen LogP contribution in [0.4, 0.5) is 4.79 Å². The van der Waals surface area contributed by atoms with Crippen molar-refractivity contribution in [2.75, 3.05) is 13.1 Å². The molecule has 0 aromatic carbocycles. The molecule has 0 aromatic rings. The quantitative estimate of drug-likeness (QED) is 0.761. The van der Waals surface area contributed by atoms with E-state index in [-0.39, 0.29) is 6.54 Å². The highest BCUT2D eigenvalue weighted by Gasteiger charge is 2.43. The Bertz CT molecular complexity index is 389. The third-order valence-electron chi connectivity index (χ3n) is 3.70. The second-order valence-corrected chi connectivity index (χ2v) is 5.24. The van der Waals surface area contributed by atoms with Gasteiger partial charge >= 0.3 is 12.0 Å². The smallest absolute Gasteiger partial charge is 0.329 e. The maximum Gasteiger partial charge on any atom is 0.329 e. The minimum atomic E-state index is -1.14. The first-order chi connectivity index (χ1) is 8.95. The molecule has 5 nitrogen and oxygen atoms in total. The van der Waals surface area contributed by atoms with Gasteiger partial charge in [-0.25, -0.2) is 9.59 Å². The predicted molar refractivity (Wildman–Crippen MR) is 72.6 cm³/mol. The summed E-state index contributed by atoms with van der Waals surface area (Å²) >= 11 is 0. The molecule has 0 spiro atoms. The molecule has 0 aromatic heterocycles. The number of amides is 2. The second kappa shape index (κ2) is 6.46. The van der Waals surface area contributed by atoms with Crippen LogP contribution >= 0.6 is 0 Å². The van der Waals surface area contributed by atoms with E-state index in [4.69, 9.17) is 6.42 Å². The van der Waals surface area contributed by atoms with Crippen molar-refractivity contribution in [2.24, 2.45) is 5.92 Å². The van der Waals surface area contributed by atoms with E-state index in [0.29, 0.717) is 25.3 Å². The van der Waals surface area contributed by atoms with Crippen molar-refractivity contribution >= 4 is 12.0 Å². The molecule has 2 atom stereocenters. The third kappa shape index (κ3) is 3.63. The summed E-state index contributed by atoms with van der Waals surface area (Å²) in [4.78, 5) is 25.1. The summed E-state index contributed by atoms with van der Waals surface area (Å²) in [6.07, 6.45) is 7.98. The van der Waals surface area contributed by atoms with Gasteiger partial charge in [-0.15, -0.1) is 6.42 Å². The second-order valence-electron chi connectivity index (χ2n) is 5.24. The summed E-state index contributed by atoms with van der Waals surface area (Å²) in [5.41, 5.74) is -1.14. The summed E-state index contributed by atoms with van der Waals surface area (Å²) < 4.78 is 0. The number of rotatable bonds is 4. The van der Waals surface area contributed by atoms with Crippen LogP contribution in [-0.2, 0) is 4.79 Å². The average molecular weight is 266 g/mol. The number of hydrogen-bond donors (Lipinski definition) is 2. The normalized spacial score (nSPS) is 26.3. The van der Waals surface area contributed by atoms with Crippen LogP contribution in [0.1, 0.15) is 39.5 Å². The standard InChI is InChI=1S/C14H22N2O3/c1-4-9-16(5-2)13(19)15-14(12(17)18)8-6-7-11(3)10-14/h1,11H,5-10H2,2-3H3,(H,15,19)(H,17,18). The molecule has 2 amide bonds. The third-order valence-corrected chi connectivity index (χ3v) is 3.70. The average Bonchev–Trinajstić information content (AvgIpc) is 2.35. The molecule has 19 heavy (non-hydrogen) atoms. The van der Waals surface area contributed by atoms with Crippen LogP contribution < -0.4 is 5.32 Å². The molecule has 0 saturated heterocycles. The Morgan fingerprint density at radius 1 is 1.58 bits per heavy atom. The molecular weight excluding hydrogens is 244 g/mol. The van der Waals surface area contributed by atoms with E-state index in [1.165, 1.54) is 4.90 Å². The van der Waals surface area contributed by atoms with E-state index in [1.54, 1.807) is 0 Å². The van der Waals surface area contributed by atoms with E-state index in [2.05, 4.69) is 11.2 Å². The molecule has 0 radical (unpaired) electrons. The summed E-state index contributed by atoms with van der Waals surface area (Å²) in [5.74, 6) is 1.75. The maximum absolute atomic E-state index is 12.1. The lowest BCUT2D eigenvalue weighted by atomic mass is 9.76. The van der Waals surface area contributed by atoms with Crippen LogP contribution in [0.25, 0.3) is 0 Å². The number of nitrogens with zero attached hydrogens (tertiary/aromatic N) is 1. The van der Waals surface area contributed by atoms with Gasteiger partial charge in [0.05, 0.1) is 6.54 Å². The molecular formula is C14H22N2O3. The Morgan fingerprint density at radius 2 is 2.26 bits per heavy atom. The minimum absolute atomic E-state index is 0.188. The van der Waals surface area contributed by atoms with Gasteiger partial charge in [-0.3, -0.25) is 0 Å². The van der Waals surface area contributed by atoms with Crippen molar-refractivity contribution in [3.63, 3.8) is 0 Å². The Labute approximate surface area is 114 Å². The lowest BCUT2D eigenvalue weighted by Gasteiger charge is -2.38. The Morgan fingerprint density at radius 3 is 2.74 bits per heavy atom. The van der Waals surface area contributed by atoms with Gasteiger partial charge in [0.1, 0.15) is 5.54 Å². The highest BCUT2D eigenvalue weighted by atomic mass is 16.4. The first kappa shape index (κ1) is 15.4. The monoisotopic (exact) mass is 266 g/mol. The lowest BCUT2D eigenvalue weighted by Crippen LogP contribution is -2.59. The van der Waals surface area contributed by atoms with Crippen LogP contribution in [0.5, 0.6) is 0 Å². The van der Waals surface area contributed by atoms with Crippen LogP contribution in [0, 0.1) is 18.3 Å². The lowest BCUT2D eigenvalue weighted by molar-refractivity contribution is -0.146. The van der Waals surface area contributed by atoms with Crippen molar-refractivity contribution in [1.29, 1.82) is 0 Å². The molecule has 0 bridgehead atoms. The molecule has 0 aliphatic heterocycles. The zero-order chi connectivity index (χ0) is 14.5. The van der Waals surface area contributed by atoms with Gasteiger partial charge in [-0.2, -0.15) is 0 Å². The molecule has 0 heterocycles. The van der Waals surface area contributed by atoms with Crippen molar-refractivity contribution in [2.45, 2.75) is 45.1 Å². The summed E-state index contributed by atoms with van der Waals surface area (Å²) in [5, 5.41) is 12.2. The van der Waals surface area contributed by atoms with Crippen molar-refractivity contribution in [3.05, 3.63) is 0 Å². The number of carbonyl (C=O) groups excluding carboxylic acids is 1. The first-order valence-electron chi connectivity index (χ1n) is 6.69. The van der Waals surface area contributed by atoms with Crippen molar-refractivity contribution in [1.82, 2.24) is 10.2 Å². The SMILES string of the molecule is C#CCN(CC)C(=O)NC1(C(=O)O)CCCC(C)C1. The highest BCUT2D eigenvalue weighted by Crippen LogP contribution is 2.32. The molecule has 2 unspecified atom stereocenters. The Balaban J connectivity index is 2.81. The number of urea groups is 1. The largest absolute Gasteiger partial charge is 0.480 e. The van der Waals surface area contributed by atoms with Crippen LogP contribution in [-0.4, -0.2) is 40.6 Å². The van der Waals surface area contributed by atoms with Crippen LogP contribution in [0.15, 0.2) is 0 Å². The van der Waals surface area contributed by atoms with E-state index in [0.717, 1.165) is 12.8 Å². The predicted octanol–water partition coefficient (Wildman–Crippen LogP) is 1.68. The summed E-state index contributed by atoms with van der Waals surface area (Å²) in [7, 11) is 0. The van der Waals surface area contributed by atoms with Gasteiger partial charge < -0.3 is 15.3 Å². The molecule has 1 fully saturated rings. The zero-order valence-electron chi connectivity index (χ0n) is 11.6. The number of hydrogen-bond acceptors (Lipinski definition) is 2. The van der Waals surface area contributed by atoms with Crippen LogP contribution in [0.2, 0.25) is 0 Å². The van der Waals surface area contributed by atoms with E-state index in [9.17, 15) is 14.7 Å². The summed E-state index contributed by atoms with van der Waals surface area (Å²) in [6, 6.07) is -0.392. The fraction of sp³-hybridized carbons (Fsp3) is 0.714. The number of aliphatic carboxylic acids is 1. The van der Waals surface area contributed by atoms with Gasteiger partial charge in [0.15, 0.2) is 0 Å². The van der Waals surface area contributed by atoms with E-state index in [1.807, 2.05) is 13.8 Å². The fourth-order valence-electron chi connectivity index (χ4n) is 2.63. The molecule has 1 rings (SSSR count). The number of carboxylic acid groups (broad SMARTS) is 1. The van der Waals surface area contributed by atoms with Gasteiger partial charge in [-0.1, -0.05) is 25.7 Å². The molecule has 1 aliphatic rings. The minimum Gasteiger partial charge on any atom is -0.480 e. The number of nitrogens with one attached hydrogen (secondary N) is 1. The summed E-state index contributed by atoms with van der Waals surface area (Å²) in [6.45, 7) is 4.48. The molecule has 1 saturated carbocycles. The molecule has 2 N–H and O–H groups in total. The van der Waals surface area contributed by atoms with E-state index >= 15 is 0 Å². The number of terminal acetylenes is 1.